The number of nitrogens with zero attached hydrogens (tertiary/aromatic N) is 1. The van der Waals surface area contributed by atoms with Gasteiger partial charge in [-0.25, -0.2) is 4.79 Å². The number of amides is 3. The van der Waals surface area contributed by atoms with Gasteiger partial charge in [-0.3, -0.25) is 4.79 Å². The average Bonchev–Trinajstić information content (AvgIpc) is 2.54. The highest BCUT2D eigenvalue weighted by Gasteiger charge is 2.15. The molecule has 0 spiro atoms. The highest BCUT2D eigenvalue weighted by Crippen LogP contribution is 2.17. The van der Waals surface area contributed by atoms with E-state index >= 15 is 0 Å². The maximum atomic E-state index is 12.0. The van der Waals surface area contributed by atoms with Crippen LogP contribution in [-0.2, 0) is 11.2 Å². The van der Waals surface area contributed by atoms with Crippen LogP contribution in [0.5, 0.6) is 0 Å². The van der Waals surface area contributed by atoms with Gasteiger partial charge in [0.2, 0.25) is 5.91 Å². The van der Waals surface area contributed by atoms with Crippen LogP contribution in [-0.4, -0.2) is 37.0 Å². The van der Waals surface area contributed by atoms with Crippen LogP contribution in [0.4, 0.5) is 10.5 Å². The van der Waals surface area contributed by atoms with Gasteiger partial charge in [0, 0.05) is 32.2 Å². The first-order chi connectivity index (χ1) is 11.0. The van der Waals surface area contributed by atoms with Gasteiger partial charge in [0.15, 0.2) is 0 Å². The predicted molar refractivity (Wildman–Crippen MR) is 92.5 cm³/mol. The molecule has 0 saturated heterocycles. The van der Waals surface area contributed by atoms with Crippen LogP contribution in [0.1, 0.15) is 44.1 Å². The van der Waals surface area contributed by atoms with Gasteiger partial charge >= 0.3 is 6.03 Å². The smallest absolute Gasteiger partial charge is 0.319 e. The van der Waals surface area contributed by atoms with E-state index in [9.17, 15) is 9.59 Å². The summed E-state index contributed by atoms with van der Waals surface area (Å²) in [4.78, 5) is 25.2. The molecule has 2 N–H and O–H groups in total. The molecule has 5 nitrogen and oxygen atoms in total. The zero-order valence-electron chi connectivity index (χ0n) is 14.1. The number of carbonyl (C=O) groups is 2. The second kappa shape index (κ2) is 8.56. The molecule has 0 aliphatic heterocycles. The lowest BCUT2D eigenvalue weighted by atomic mass is 9.96. The van der Waals surface area contributed by atoms with Gasteiger partial charge in [0.05, 0.1) is 0 Å². The molecule has 0 heterocycles. The molecule has 126 valence electrons. The Kier molecular flexibility index (Phi) is 6.44. The molecule has 0 atom stereocenters. The van der Waals surface area contributed by atoms with E-state index in [4.69, 9.17) is 0 Å². The van der Waals surface area contributed by atoms with E-state index in [2.05, 4.69) is 10.6 Å². The highest BCUT2D eigenvalue weighted by atomic mass is 16.2. The number of nitrogens with one attached hydrogen (secondary N) is 2. The Morgan fingerprint density at radius 3 is 2.35 bits per heavy atom. The minimum absolute atomic E-state index is 0.124. The van der Waals surface area contributed by atoms with Gasteiger partial charge in [-0.2, -0.15) is 0 Å². The van der Waals surface area contributed by atoms with Crippen molar-refractivity contribution in [3.05, 3.63) is 29.8 Å². The predicted octanol–water partition coefficient (Wildman–Crippen LogP) is 3.16. The van der Waals surface area contributed by atoms with Crippen molar-refractivity contribution in [3.63, 3.8) is 0 Å². The minimum atomic E-state index is -0.132. The summed E-state index contributed by atoms with van der Waals surface area (Å²) in [5.74, 6) is 0.124. The molecular weight excluding hydrogens is 290 g/mol. The molecule has 0 bridgehead atoms. The second-order valence-electron chi connectivity index (χ2n) is 6.42. The lowest BCUT2D eigenvalue weighted by molar-refractivity contribution is -0.128. The third-order valence-corrected chi connectivity index (χ3v) is 4.28. The van der Waals surface area contributed by atoms with Crippen LogP contribution < -0.4 is 10.6 Å². The van der Waals surface area contributed by atoms with Crippen LogP contribution in [0, 0.1) is 0 Å². The first kappa shape index (κ1) is 17.3. The highest BCUT2D eigenvalue weighted by molar-refractivity contribution is 5.89. The summed E-state index contributed by atoms with van der Waals surface area (Å²) in [7, 11) is 3.53. The van der Waals surface area contributed by atoms with E-state index in [1.54, 1.807) is 19.0 Å². The summed E-state index contributed by atoms with van der Waals surface area (Å²) in [6.45, 7) is 0. The van der Waals surface area contributed by atoms with Crippen molar-refractivity contribution in [1.29, 1.82) is 0 Å². The van der Waals surface area contributed by atoms with Gasteiger partial charge in [0.1, 0.15) is 0 Å². The summed E-state index contributed by atoms with van der Waals surface area (Å²) in [6, 6.07) is 7.86. The van der Waals surface area contributed by atoms with Crippen LogP contribution >= 0.6 is 0 Å². The molecule has 1 saturated carbocycles. The third kappa shape index (κ3) is 5.93. The molecule has 0 unspecified atom stereocenters. The van der Waals surface area contributed by atoms with Crippen LogP contribution in [0.25, 0.3) is 0 Å². The summed E-state index contributed by atoms with van der Waals surface area (Å²) in [5.41, 5.74) is 1.87. The van der Waals surface area contributed by atoms with Crippen molar-refractivity contribution in [2.75, 3.05) is 19.4 Å². The monoisotopic (exact) mass is 317 g/mol. The summed E-state index contributed by atoms with van der Waals surface area (Å²) < 4.78 is 0. The first-order valence-electron chi connectivity index (χ1n) is 8.41. The molecule has 5 heteroatoms. The van der Waals surface area contributed by atoms with Gasteiger partial charge in [-0.05, 0) is 37.0 Å². The number of carbonyl (C=O) groups excluding carboxylic acids is 2. The second-order valence-corrected chi connectivity index (χ2v) is 6.42. The van der Waals surface area contributed by atoms with Crippen molar-refractivity contribution in [1.82, 2.24) is 10.2 Å². The molecular formula is C18H27N3O2. The van der Waals surface area contributed by atoms with E-state index in [0.717, 1.165) is 24.1 Å². The fraction of sp³-hybridized carbons (Fsp3) is 0.556. The Balaban J connectivity index is 1.77. The number of aryl methyl sites for hydroxylation is 1. The minimum Gasteiger partial charge on any atom is -0.349 e. The van der Waals surface area contributed by atoms with Gasteiger partial charge < -0.3 is 15.5 Å². The van der Waals surface area contributed by atoms with Crippen LogP contribution in [0.15, 0.2) is 24.3 Å². The van der Waals surface area contributed by atoms with Gasteiger partial charge in [-0.1, -0.05) is 31.4 Å². The molecule has 3 amide bonds. The lowest BCUT2D eigenvalue weighted by Gasteiger charge is -2.22. The maximum Gasteiger partial charge on any atom is 0.319 e. The van der Waals surface area contributed by atoms with Crippen LogP contribution in [0.3, 0.4) is 0 Å². The van der Waals surface area contributed by atoms with E-state index in [1.807, 2.05) is 24.3 Å². The topological polar surface area (TPSA) is 61.4 Å². The zero-order chi connectivity index (χ0) is 16.7. The standard InChI is InChI=1S/C18H27N3O2/c1-21(2)17(22)13-10-14-8-11-16(12-9-14)20-18(23)19-15-6-4-3-5-7-15/h8-9,11-12,15H,3-7,10,13H2,1-2H3,(H2,19,20,23). The molecule has 1 aliphatic rings. The van der Waals surface area contributed by atoms with Gasteiger partial charge in [0.25, 0.3) is 0 Å². The van der Waals surface area contributed by atoms with Crippen molar-refractivity contribution in [2.45, 2.75) is 51.0 Å². The zero-order valence-corrected chi connectivity index (χ0v) is 14.1. The van der Waals surface area contributed by atoms with Crippen molar-refractivity contribution < 1.29 is 9.59 Å². The Morgan fingerprint density at radius 2 is 1.74 bits per heavy atom. The number of benzene rings is 1. The molecule has 1 fully saturated rings. The molecule has 1 aliphatic carbocycles. The third-order valence-electron chi connectivity index (χ3n) is 4.28. The Labute approximate surface area is 138 Å². The van der Waals surface area contributed by atoms with E-state index < -0.39 is 0 Å². The fourth-order valence-electron chi connectivity index (χ4n) is 2.83. The Hall–Kier alpha value is -2.04. The van der Waals surface area contributed by atoms with E-state index in [0.29, 0.717) is 18.9 Å². The number of urea groups is 1. The number of hydrogen-bond acceptors (Lipinski definition) is 2. The summed E-state index contributed by atoms with van der Waals surface area (Å²) in [5, 5.41) is 5.91. The van der Waals surface area contributed by atoms with E-state index in [1.165, 1.54) is 19.3 Å². The molecule has 1 aromatic carbocycles. The Bertz CT molecular complexity index is 520. The first-order valence-corrected chi connectivity index (χ1v) is 8.41. The molecule has 23 heavy (non-hydrogen) atoms. The summed E-state index contributed by atoms with van der Waals surface area (Å²) in [6.07, 6.45) is 7.04. The maximum absolute atomic E-state index is 12.0. The lowest BCUT2D eigenvalue weighted by Crippen LogP contribution is -2.38. The van der Waals surface area contributed by atoms with E-state index in [-0.39, 0.29) is 11.9 Å². The van der Waals surface area contributed by atoms with Gasteiger partial charge in [-0.15, -0.1) is 0 Å². The van der Waals surface area contributed by atoms with Crippen molar-refractivity contribution >= 4 is 17.6 Å². The molecule has 0 aromatic heterocycles. The van der Waals surface area contributed by atoms with Crippen molar-refractivity contribution in [2.24, 2.45) is 0 Å². The number of rotatable bonds is 5. The molecule has 0 radical (unpaired) electrons. The van der Waals surface area contributed by atoms with Crippen molar-refractivity contribution in [3.8, 4) is 0 Å². The quantitative estimate of drug-likeness (QED) is 0.876. The summed E-state index contributed by atoms with van der Waals surface area (Å²) >= 11 is 0. The molecule has 1 aromatic rings. The SMILES string of the molecule is CN(C)C(=O)CCc1ccc(NC(=O)NC2CCCCC2)cc1. The number of anilines is 1. The number of hydrogen-bond donors (Lipinski definition) is 2. The largest absolute Gasteiger partial charge is 0.349 e. The Morgan fingerprint density at radius 1 is 1.09 bits per heavy atom. The van der Waals surface area contributed by atoms with Crippen LogP contribution in [0.2, 0.25) is 0 Å². The molecule has 2 rings (SSSR count). The fourth-order valence-corrected chi connectivity index (χ4v) is 2.83. The average molecular weight is 317 g/mol. The normalized spacial score (nSPS) is 15.0.